The zero-order valence-corrected chi connectivity index (χ0v) is 16.2. The fraction of sp³-hybridized carbons (Fsp3) is 0.579. The summed E-state index contributed by atoms with van der Waals surface area (Å²) in [7, 11) is 1.82. The van der Waals surface area contributed by atoms with Crippen molar-refractivity contribution in [2.45, 2.75) is 40.0 Å². The van der Waals surface area contributed by atoms with Crippen molar-refractivity contribution in [3.63, 3.8) is 0 Å². The molecule has 0 unspecified atom stereocenters. The van der Waals surface area contributed by atoms with Gasteiger partial charge in [-0.3, -0.25) is 9.48 Å². The first kappa shape index (κ1) is 18.4. The van der Waals surface area contributed by atoms with Gasteiger partial charge in [-0.2, -0.15) is 5.10 Å². The molecule has 1 aliphatic rings. The van der Waals surface area contributed by atoms with Gasteiger partial charge in [0.1, 0.15) is 17.3 Å². The second kappa shape index (κ2) is 7.85. The Kier molecular flexibility index (Phi) is 5.54. The van der Waals surface area contributed by atoms with Crippen LogP contribution in [-0.2, 0) is 13.5 Å². The van der Waals surface area contributed by atoms with Crippen LogP contribution in [-0.4, -0.2) is 56.7 Å². The molecule has 7 nitrogen and oxygen atoms in total. The lowest BCUT2D eigenvalue weighted by molar-refractivity contribution is 0.0756. The van der Waals surface area contributed by atoms with Gasteiger partial charge in [0.05, 0.1) is 5.69 Å². The van der Waals surface area contributed by atoms with E-state index < -0.39 is 0 Å². The largest absolute Gasteiger partial charge is 0.354 e. The highest BCUT2D eigenvalue weighted by Gasteiger charge is 2.24. The van der Waals surface area contributed by atoms with Gasteiger partial charge < -0.3 is 9.80 Å². The van der Waals surface area contributed by atoms with Crippen LogP contribution in [0, 0.1) is 13.8 Å². The Morgan fingerprint density at radius 3 is 2.69 bits per heavy atom. The van der Waals surface area contributed by atoms with Crippen molar-refractivity contribution < 1.29 is 4.79 Å². The number of nitrogens with zero attached hydrogens (tertiary/aromatic N) is 6. The molecule has 0 spiro atoms. The van der Waals surface area contributed by atoms with E-state index in [0.29, 0.717) is 12.2 Å². The Morgan fingerprint density at radius 1 is 1.19 bits per heavy atom. The molecular weight excluding hydrogens is 328 g/mol. The summed E-state index contributed by atoms with van der Waals surface area (Å²) < 4.78 is 1.67. The first-order chi connectivity index (χ1) is 12.5. The van der Waals surface area contributed by atoms with Crippen molar-refractivity contribution >= 4 is 11.7 Å². The molecule has 0 N–H and O–H groups in total. The van der Waals surface area contributed by atoms with Crippen LogP contribution in [0.2, 0.25) is 0 Å². The normalized spacial score (nSPS) is 15.2. The van der Waals surface area contributed by atoms with E-state index in [4.69, 9.17) is 4.98 Å². The van der Waals surface area contributed by atoms with E-state index in [1.165, 1.54) is 5.56 Å². The second-order valence-electron chi connectivity index (χ2n) is 6.94. The average molecular weight is 356 g/mol. The van der Waals surface area contributed by atoms with Gasteiger partial charge in [-0.15, -0.1) is 0 Å². The average Bonchev–Trinajstić information content (AvgIpc) is 2.82. The number of aromatic nitrogens is 4. The quantitative estimate of drug-likeness (QED) is 0.839. The van der Waals surface area contributed by atoms with Gasteiger partial charge in [-0.25, -0.2) is 9.97 Å². The fourth-order valence-electron chi connectivity index (χ4n) is 3.51. The van der Waals surface area contributed by atoms with Crippen LogP contribution in [0.15, 0.2) is 12.3 Å². The Labute approximate surface area is 155 Å². The maximum Gasteiger partial charge on any atom is 0.272 e. The van der Waals surface area contributed by atoms with Gasteiger partial charge in [-0.1, -0.05) is 13.3 Å². The van der Waals surface area contributed by atoms with E-state index in [9.17, 15) is 4.79 Å². The standard InChI is InChI=1S/C19H28N6O/c1-5-7-16-13-20-15(3)21-18(16)24-8-6-9-25(11-10-24)19(26)17-12-14(2)22-23(17)4/h12-13H,5-11H2,1-4H3. The third kappa shape index (κ3) is 3.86. The summed E-state index contributed by atoms with van der Waals surface area (Å²) in [4.78, 5) is 26.2. The zero-order valence-electron chi connectivity index (χ0n) is 16.2. The Hall–Kier alpha value is -2.44. The summed E-state index contributed by atoms with van der Waals surface area (Å²) in [6.07, 6.45) is 4.92. The van der Waals surface area contributed by atoms with Crippen LogP contribution in [0.25, 0.3) is 0 Å². The first-order valence-corrected chi connectivity index (χ1v) is 9.37. The van der Waals surface area contributed by atoms with Crippen molar-refractivity contribution in [1.29, 1.82) is 0 Å². The Balaban J connectivity index is 1.75. The molecule has 26 heavy (non-hydrogen) atoms. The SMILES string of the molecule is CCCc1cnc(C)nc1N1CCCN(C(=O)c2cc(C)nn2C)CC1. The highest BCUT2D eigenvalue weighted by molar-refractivity contribution is 5.92. The number of carbonyl (C=O) groups is 1. The summed E-state index contributed by atoms with van der Waals surface area (Å²) in [5.41, 5.74) is 2.72. The van der Waals surface area contributed by atoms with E-state index in [0.717, 1.165) is 56.2 Å². The van der Waals surface area contributed by atoms with Crippen molar-refractivity contribution in [3.05, 3.63) is 35.0 Å². The lowest BCUT2D eigenvalue weighted by atomic mass is 10.1. The molecule has 7 heteroatoms. The summed E-state index contributed by atoms with van der Waals surface area (Å²) in [6, 6.07) is 1.86. The Bertz CT molecular complexity index is 784. The molecule has 0 radical (unpaired) electrons. The van der Waals surface area contributed by atoms with Crippen LogP contribution in [0.3, 0.4) is 0 Å². The van der Waals surface area contributed by atoms with E-state index in [1.807, 2.05) is 38.1 Å². The van der Waals surface area contributed by atoms with E-state index in [-0.39, 0.29) is 5.91 Å². The Morgan fingerprint density at radius 2 is 2.00 bits per heavy atom. The molecule has 0 aromatic carbocycles. The zero-order chi connectivity index (χ0) is 18.7. The molecule has 1 saturated heterocycles. The predicted octanol–water partition coefficient (Wildman–Crippen LogP) is 2.13. The molecule has 1 fully saturated rings. The molecule has 3 rings (SSSR count). The van der Waals surface area contributed by atoms with Gasteiger partial charge in [0.25, 0.3) is 5.91 Å². The molecule has 3 heterocycles. The summed E-state index contributed by atoms with van der Waals surface area (Å²) in [5.74, 6) is 1.88. The molecule has 140 valence electrons. The molecule has 0 atom stereocenters. The number of rotatable bonds is 4. The van der Waals surface area contributed by atoms with Crippen LogP contribution >= 0.6 is 0 Å². The molecule has 0 bridgehead atoms. The number of anilines is 1. The lowest BCUT2D eigenvalue weighted by Crippen LogP contribution is -2.36. The number of carbonyl (C=O) groups excluding carboxylic acids is 1. The fourth-order valence-corrected chi connectivity index (χ4v) is 3.51. The van der Waals surface area contributed by atoms with Gasteiger partial charge in [0.15, 0.2) is 0 Å². The topological polar surface area (TPSA) is 67.2 Å². The van der Waals surface area contributed by atoms with Crippen molar-refractivity contribution in [3.8, 4) is 0 Å². The third-order valence-corrected chi connectivity index (χ3v) is 4.79. The van der Waals surface area contributed by atoms with E-state index >= 15 is 0 Å². The highest BCUT2D eigenvalue weighted by atomic mass is 16.2. The van der Waals surface area contributed by atoms with E-state index in [2.05, 4.69) is 21.9 Å². The minimum Gasteiger partial charge on any atom is -0.354 e. The molecule has 0 aliphatic carbocycles. The minimum atomic E-state index is 0.0580. The summed E-state index contributed by atoms with van der Waals surface area (Å²) >= 11 is 0. The maximum absolute atomic E-state index is 12.9. The highest BCUT2D eigenvalue weighted by Crippen LogP contribution is 2.21. The van der Waals surface area contributed by atoms with Crippen molar-refractivity contribution in [1.82, 2.24) is 24.6 Å². The van der Waals surface area contributed by atoms with Crippen molar-refractivity contribution in [2.75, 3.05) is 31.1 Å². The van der Waals surface area contributed by atoms with Crippen LogP contribution in [0.1, 0.15) is 47.3 Å². The monoisotopic (exact) mass is 356 g/mol. The van der Waals surface area contributed by atoms with Crippen LogP contribution < -0.4 is 4.90 Å². The van der Waals surface area contributed by atoms with Gasteiger partial charge >= 0.3 is 0 Å². The third-order valence-electron chi connectivity index (χ3n) is 4.79. The van der Waals surface area contributed by atoms with Crippen molar-refractivity contribution in [2.24, 2.45) is 7.05 Å². The summed E-state index contributed by atoms with van der Waals surface area (Å²) in [5, 5.41) is 4.30. The van der Waals surface area contributed by atoms with Gasteiger partial charge in [0.2, 0.25) is 0 Å². The first-order valence-electron chi connectivity index (χ1n) is 9.37. The maximum atomic E-state index is 12.9. The van der Waals surface area contributed by atoms with Crippen LogP contribution in [0.5, 0.6) is 0 Å². The van der Waals surface area contributed by atoms with Crippen LogP contribution in [0.4, 0.5) is 5.82 Å². The summed E-state index contributed by atoms with van der Waals surface area (Å²) in [6.45, 7) is 9.15. The smallest absolute Gasteiger partial charge is 0.272 e. The lowest BCUT2D eigenvalue weighted by Gasteiger charge is -2.25. The molecule has 2 aromatic rings. The number of hydrogen-bond donors (Lipinski definition) is 0. The molecule has 1 aliphatic heterocycles. The predicted molar refractivity (Wildman–Crippen MR) is 101 cm³/mol. The molecular formula is C19H28N6O. The molecule has 0 saturated carbocycles. The number of hydrogen-bond acceptors (Lipinski definition) is 5. The van der Waals surface area contributed by atoms with Gasteiger partial charge in [-0.05, 0) is 32.8 Å². The van der Waals surface area contributed by atoms with E-state index in [1.54, 1.807) is 4.68 Å². The minimum absolute atomic E-state index is 0.0580. The number of amides is 1. The number of aryl methyl sites for hydroxylation is 4. The molecule has 2 aromatic heterocycles. The second-order valence-corrected chi connectivity index (χ2v) is 6.94. The molecule has 1 amide bonds. The van der Waals surface area contributed by atoms with Gasteiger partial charge in [0, 0.05) is 45.0 Å².